The molecule has 0 aliphatic heterocycles. The van der Waals surface area contributed by atoms with E-state index < -0.39 is 0 Å². The second kappa shape index (κ2) is 8.20. The molecule has 0 unspecified atom stereocenters. The third kappa shape index (κ3) is 4.42. The summed E-state index contributed by atoms with van der Waals surface area (Å²) in [5.74, 6) is -1.01. The van der Waals surface area contributed by atoms with Crippen molar-refractivity contribution >= 4 is 17.3 Å². The number of anilines is 2. The third-order valence-electron chi connectivity index (χ3n) is 3.79. The van der Waals surface area contributed by atoms with Crippen molar-refractivity contribution in [1.29, 1.82) is 0 Å². The average Bonchev–Trinajstić information content (AvgIpc) is 2.66. The number of pyridine rings is 1. The molecule has 0 radical (unpaired) electrons. The molecule has 1 aromatic heterocycles. The predicted molar refractivity (Wildman–Crippen MR) is 96.4 cm³/mol. The molecule has 2 aromatic carbocycles. The number of carbonyl (C=O) groups is 1. The van der Waals surface area contributed by atoms with Crippen molar-refractivity contribution in [3.63, 3.8) is 0 Å². The Labute approximate surface area is 149 Å². The van der Waals surface area contributed by atoms with Crippen LogP contribution in [0.4, 0.5) is 20.2 Å². The fourth-order valence-corrected chi connectivity index (χ4v) is 2.42. The Hall–Kier alpha value is -3.28. The molecule has 0 aliphatic rings. The van der Waals surface area contributed by atoms with Crippen LogP contribution >= 0.6 is 0 Å². The van der Waals surface area contributed by atoms with E-state index in [0.29, 0.717) is 29.9 Å². The summed E-state index contributed by atoms with van der Waals surface area (Å²) in [6, 6.07) is 15.9. The van der Waals surface area contributed by atoms with Gasteiger partial charge in [0.15, 0.2) is 0 Å². The van der Waals surface area contributed by atoms with Crippen molar-refractivity contribution in [2.75, 3.05) is 11.9 Å². The number of aromatic nitrogens is 1. The van der Waals surface area contributed by atoms with Gasteiger partial charge in [-0.1, -0.05) is 30.3 Å². The first-order valence-electron chi connectivity index (χ1n) is 8.13. The van der Waals surface area contributed by atoms with Crippen LogP contribution in [0.15, 0.2) is 66.9 Å². The molecule has 6 heteroatoms. The van der Waals surface area contributed by atoms with Crippen molar-refractivity contribution in [2.24, 2.45) is 0 Å². The maximum atomic E-state index is 13.6. The fourth-order valence-electron chi connectivity index (χ4n) is 2.42. The quantitative estimate of drug-likeness (QED) is 0.702. The molecule has 0 saturated heterocycles. The Bertz CT molecular complexity index is 898. The SMILES string of the molecule is O=C(NCCc1ccccc1F)c1ccc(Nc2ccccc2F)cn1. The molecule has 2 N–H and O–H groups in total. The average molecular weight is 353 g/mol. The molecule has 0 fully saturated rings. The Morgan fingerprint density at radius 1 is 0.923 bits per heavy atom. The number of benzene rings is 2. The summed E-state index contributed by atoms with van der Waals surface area (Å²) in [6.45, 7) is 0.302. The number of carbonyl (C=O) groups excluding carboxylic acids is 1. The molecule has 0 bridgehead atoms. The summed E-state index contributed by atoms with van der Waals surface area (Å²) < 4.78 is 27.1. The number of nitrogens with one attached hydrogen (secondary N) is 2. The number of hydrogen-bond donors (Lipinski definition) is 2. The van der Waals surface area contributed by atoms with E-state index in [4.69, 9.17) is 0 Å². The highest BCUT2D eigenvalue weighted by Gasteiger charge is 2.08. The number of nitrogens with zero attached hydrogens (tertiary/aromatic N) is 1. The van der Waals surface area contributed by atoms with Crippen molar-refractivity contribution in [3.8, 4) is 0 Å². The normalized spacial score (nSPS) is 10.4. The van der Waals surface area contributed by atoms with Gasteiger partial charge in [-0.05, 0) is 42.3 Å². The molecule has 3 aromatic rings. The van der Waals surface area contributed by atoms with E-state index in [-0.39, 0.29) is 23.2 Å². The molecule has 1 amide bonds. The van der Waals surface area contributed by atoms with E-state index in [1.165, 1.54) is 18.3 Å². The summed E-state index contributed by atoms with van der Waals surface area (Å²) in [5, 5.41) is 5.60. The lowest BCUT2D eigenvalue weighted by Gasteiger charge is -2.08. The first kappa shape index (κ1) is 17.5. The second-order valence-electron chi connectivity index (χ2n) is 5.63. The zero-order chi connectivity index (χ0) is 18.4. The maximum Gasteiger partial charge on any atom is 0.269 e. The lowest BCUT2D eigenvalue weighted by molar-refractivity contribution is 0.0949. The van der Waals surface area contributed by atoms with Crippen LogP contribution in [0.25, 0.3) is 0 Å². The summed E-state index contributed by atoms with van der Waals surface area (Å²) in [6.07, 6.45) is 1.85. The Morgan fingerprint density at radius 3 is 2.35 bits per heavy atom. The van der Waals surface area contributed by atoms with E-state index >= 15 is 0 Å². The van der Waals surface area contributed by atoms with Gasteiger partial charge in [-0.3, -0.25) is 4.79 Å². The van der Waals surface area contributed by atoms with Gasteiger partial charge < -0.3 is 10.6 Å². The van der Waals surface area contributed by atoms with E-state index in [0.717, 1.165) is 0 Å². The van der Waals surface area contributed by atoms with Gasteiger partial charge in [0.05, 0.1) is 17.6 Å². The van der Waals surface area contributed by atoms with Crippen LogP contribution in [0.1, 0.15) is 16.1 Å². The molecule has 0 aliphatic carbocycles. The van der Waals surface area contributed by atoms with Crippen LogP contribution in [0.5, 0.6) is 0 Å². The van der Waals surface area contributed by atoms with Gasteiger partial charge in [0.1, 0.15) is 17.3 Å². The fraction of sp³-hybridized carbons (Fsp3) is 0.100. The van der Waals surface area contributed by atoms with Crippen LogP contribution in [0.3, 0.4) is 0 Å². The van der Waals surface area contributed by atoms with E-state index in [9.17, 15) is 13.6 Å². The first-order valence-corrected chi connectivity index (χ1v) is 8.13. The molecule has 0 saturated carbocycles. The summed E-state index contributed by atoms with van der Waals surface area (Å²) in [7, 11) is 0. The number of hydrogen-bond acceptors (Lipinski definition) is 3. The van der Waals surface area contributed by atoms with E-state index in [1.54, 1.807) is 48.5 Å². The first-order chi connectivity index (χ1) is 12.6. The van der Waals surface area contributed by atoms with Crippen molar-refractivity contribution < 1.29 is 13.6 Å². The topological polar surface area (TPSA) is 54.0 Å². The molecule has 4 nitrogen and oxygen atoms in total. The summed E-state index contributed by atoms with van der Waals surface area (Å²) in [4.78, 5) is 16.2. The molecule has 26 heavy (non-hydrogen) atoms. The molecule has 0 atom stereocenters. The van der Waals surface area contributed by atoms with Crippen molar-refractivity contribution in [1.82, 2.24) is 10.3 Å². The molecule has 132 valence electrons. The zero-order valence-corrected chi connectivity index (χ0v) is 13.9. The van der Waals surface area contributed by atoms with Gasteiger partial charge in [-0.15, -0.1) is 0 Å². The van der Waals surface area contributed by atoms with Crippen LogP contribution in [0.2, 0.25) is 0 Å². The number of para-hydroxylation sites is 1. The largest absolute Gasteiger partial charge is 0.352 e. The molecule has 0 spiro atoms. The molecular weight excluding hydrogens is 336 g/mol. The van der Waals surface area contributed by atoms with Gasteiger partial charge in [0.25, 0.3) is 5.91 Å². The third-order valence-corrected chi connectivity index (χ3v) is 3.79. The lowest BCUT2D eigenvalue weighted by atomic mass is 10.1. The van der Waals surface area contributed by atoms with Gasteiger partial charge in [-0.2, -0.15) is 0 Å². The lowest BCUT2D eigenvalue weighted by Crippen LogP contribution is -2.26. The van der Waals surface area contributed by atoms with Crippen LogP contribution in [-0.4, -0.2) is 17.4 Å². The highest BCUT2D eigenvalue weighted by atomic mass is 19.1. The van der Waals surface area contributed by atoms with Crippen LogP contribution < -0.4 is 10.6 Å². The minimum Gasteiger partial charge on any atom is -0.352 e. The van der Waals surface area contributed by atoms with Gasteiger partial charge in [0, 0.05) is 6.54 Å². The molecule has 1 heterocycles. The minimum atomic E-state index is -0.373. The number of rotatable bonds is 6. The van der Waals surface area contributed by atoms with E-state index in [2.05, 4.69) is 15.6 Å². The Kier molecular flexibility index (Phi) is 5.53. The summed E-state index contributed by atoms with van der Waals surface area (Å²) >= 11 is 0. The Morgan fingerprint density at radius 2 is 1.65 bits per heavy atom. The Balaban J connectivity index is 1.55. The molecule has 3 rings (SSSR count). The summed E-state index contributed by atoms with van der Waals surface area (Å²) in [5.41, 5.74) is 1.68. The van der Waals surface area contributed by atoms with Crippen molar-refractivity contribution in [2.45, 2.75) is 6.42 Å². The smallest absolute Gasteiger partial charge is 0.269 e. The predicted octanol–water partition coefficient (Wildman–Crippen LogP) is 4.08. The van der Waals surface area contributed by atoms with Crippen LogP contribution in [0, 0.1) is 11.6 Å². The minimum absolute atomic E-state index is 0.234. The van der Waals surface area contributed by atoms with Gasteiger partial charge in [-0.25, -0.2) is 13.8 Å². The maximum absolute atomic E-state index is 13.6. The van der Waals surface area contributed by atoms with Gasteiger partial charge in [0.2, 0.25) is 0 Å². The van der Waals surface area contributed by atoms with Crippen molar-refractivity contribution in [3.05, 3.63) is 89.8 Å². The zero-order valence-electron chi connectivity index (χ0n) is 13.9. The van der Waals surface area contributed by atoms with E-state index in [1.807, 2.05) is 0 Å². The monoisotopic (exact) mass is 353 g/mol. The highest BCUT2D eigenvalue weighted by Crippen LogP contribution is 2.18. The highest BCUT2D eigenvalue weighted by molar-refractivity contribution is 5.92. The second-order valence-corrected chi connectivity index (χ2v) is 5.63. The standard InChI is InChI=1S/C20H17F2N3O/c21-16-6-2-1-5-14(16)11-12-23-20(26)19-10-9-15(13-24-19)25-18-8-4-3-7-17(18)22/h1-10,13,25H,11-12H2,(H,23,26). The van der Waals surface area contributed by atoms with Crippen LogP contribution in [-0.2, 0) is 6.42 Å². The van der Waals surface area contributed by atoms with Gasteiger partial charge >= 0.3 is 0 Å². The number of halogens is 2. The molecular formula is C20H17F2N3O. The number of amides is 1.